The third-order valence-corrected chi connectivity index (χ3v) is 5.34. The van der Waals surface area contributed by atoms with Gasteiger partial charge in [0.05, 0.1) is 19.4 Å². The Morgan fingerprint density at radius 3 is 2.77 bits per heavy atom. The average Bonchev–Trinajstić information content (AvgIpc) is 3.27. The number of ether oxygens (including phenoxy) is 1. The first kappa shape index (κ1) is 22.0. The molecule has 7 nitrogen and oxygen atoms in total. The van der Waals surface area contributed by atoms with E-state index in [2.05, 4.69) is 10.6 Å². The lowest BCUT2D eigenvalue weighted by Crippen LogP contribution is -2.50. The van der Waals surface area contributed by atoms with Crippen LogP contribution in [0.1, 0.15) is 31.1 Å². The average molecular weight is 433 g/mol. The van der Waals surface area contributed by atoms with Crippen LogP contribution in [0.25, 0.3) is 0 Å². The molecule has 1 amide bonds. The van der Waals surface area contributed by atoms with Gasteiger partial charge in [-0.1, -0.05) is 29.8 Å². The van der Waals surface area contributed by atoms with E-state index in [9.17, 15) is 4.79 Å². The lowest BCUT2D eigenvalue weighted by molar-refractivity contribution is 0.0963. The Labute approximate surface area is 182 Å². The van der Waals surface area contributed by atoms with Crippen molar-refractivity contribution in [1.82, 2.24) is 15.5 Å². The molecule has 1 fully saturated rings. The number of nitrogens with zero attached hydrogens (tertiary/aromatic N) is 2. The van der Waals surface area contributed by atoms with Crippen LogP contribution in [0, 0.1) is 0 Å². The Kier molecular flexibility index (Phi) is 8.44. The Balaban J connectivity index is 1.57. The van der Waals surface area contributed by atoms with Crippen molar-refractivity contribution in [3.63, 3.8) is 0 Å². The molecule has 0 unspecified atom stereocenters. The van der Waals surface area contributed by atoms with Crippen molar-refractivity contribution in [2.24, 2.45) is 4.99 Å². The van der Waals surface area contributed by atoms with E-state index in [1.165, 1.54) is 0 Å². The first-order valence-electron chi connectivity index (χ1n) is 10.4. The molecule has 1 aromatic carbocycles. The van der Waals surface area contributed by atoms with Gasteiger partial charge in [0.2, 0.25) is 0 Å². The molecule has 1 saturated heterocycles. The zero-order chi connectivity index (χ0) is 21.2. The number of nitrogens with one attached hydrogen (secondary N) is 2. The van der Waals surface area contributed by atoms with E-state index < -0.39 is 0 Å². The smallest absolute Gasteiger partial charge is 0.409 e. The molecule has 0 saturated carbocycles. The van der Waals surface area contributed by atoms with E-state index in [1.54, 1.807) is 11.2 Å². The largest absolute Gasteiger partial charge is 0.469 e. The lowest BCUT2D eigenvalue weighted by atomic mass is 10.1. The molecule has 0 aliphatic carbocycles. The fourth-order valence-electron chi connectivity index (χ4n) is 3.32. The summed E-state index contributed by atoms with van der Waals surface area (Å²) < 4.78 is 10.5. The molecule has 1 aliphatic rings. The summed E-state index contributed by atoms with van der Waals surface area (Å²) in [5.41, 5.74) is 0.975. The molecular weight excluding hydrogens is 404 g/mol. The Bertz CT molecular complexity index is 818. The molecule has 2 heterocycles. The SMILES string of the molecule is CCOC(=O)N1CCC(NC(=NCc2ccccc2Cl)NCCc2ccco2)CC1. The molecule has 1 aliphatic heterocycles. The number of rotatable bonds is 7. The van der Waals surface area contributed by atoms with Crippen molar-refractivity contribution in [2.75, 3.05) is 26.2 Å². The molecule has 2 N–H and O–H groups in total. The first-order chi connectivity index (χ1) is 14.7. The number of carbonyl (C=O) groups excluding carboxylic acids is 1. The van der Waals surface area contributed by atoms with Crippen molar-refractivity contribution < 1.29 is 13.9 Å². The van der Waals surface area contributed by atoms with Crippen LogP contribution in [0.3, 0.4) is 0 Å². The monoisotopic (exact) mass is 432 g/mol. The number of guanidine groups is 1. The van der Waals surface area contributed by atoms with Crippen LogP contribution in [-0.4, -0.2) is 49.2 Å². The fourth-order valence-corrected chi connectivity index (χ4v) is 3.51. The second-order valence-electron chi connectivity index (χ2n) is 7.12. The zero-order valence-corrected chi connectivity index (χ0v) is 18.0. The Hall–Kier alpha value is -2.67. The summed E-state index contributed by atoms with van der Waals surface area (Å²) in [4.78, 5) is 18.4. The number of halogens is 1. The van der Waals surface area contributed by atoms with Crippen LogP contribution < -0.4 is 10.6 Å². The number of carbonyl (C=O) groups is 1. The molecule has 0 atom stereocenters. The second kappa shape index (κ2) is 11.5. The minimum Gasteiger partial charge on any atom is -0.469 e. The minimum atomic E-state index is -0.236. The van der Waals surface area contributed by atoms with Gasteiger partial charge in [-0.15, -0.1) is 0 Å². The first-order valence-corrected chi connectivity index (χ1v) is 10.8. The van der Waals surface area contributed by atoms with Gasteiger partial charge in [0, 0.05) is 37.1 Å². The topological polar surface area (TPSA) is 79.1 Å². The summed E-state index contributed by atoms with van der Waals surface area (Å²) in [6.45, 7) is 4.74. The van der Waals surface area contributed by atoms with Crippen molar-refractivity contribution >= 4 is 23.7 Å². The molecule has 3 rings (SSSR count). The molecule has 30 heavy (non-hydrogen) atoms. The fraction of sp³-hybridized carbons (Fsp3) is 0.455. The van der Waals surface area contributed by atoms with E-state index in [0.29, 0.717) is 37.8 Å². The van der Waals surface area contributed by atoms with Crippen molar-refractivity contribution in [3.8, 4) is 0 Å². The summed E-state index contributed by atoms with van der Waals surface area (Å²) in [6, 6.07) is 11.8. The molecule has 2 aromatic rings. The van der Waals surface area contributed by atoms with E-state index in [1.807, 2.05) is 43.3 Å². The number of hydrogen-bond donors (Lipinski definition) is 2. The zero-order valence-electron chi connectivity index (χ0n) is 17.3. The molecule has 0 spiro atoms. The minimum absolute atomic E-state index is 0.233. The van der Waals surface area contributed by atoms with Gasteiger partial charge in [-0.3, -0.25) is 0 Å². The molecule has 0 radical (unpaired) electrons. The van der Waals surface area contributed by atoms with Gasteiger partial charge in [-0.25, -0.2) is 9.79 Å². The predicted molar refractivity (Wildman–Crippen MR) is 118 cm³/mol. The summed E-state index contributed by atoms with van der Waals surface area (Å²) >= 11 is 6.27. The Morgan fingerprint density at radius 2 is 2.07 bits per heavy atom. The summed E-state index contributed by atoms with van der Waals surface area (Å²) in [6.07, 6.45) is 3.88. The summed E-state index contributed by atoms with van der Waals surface area (Å²) in [7, 11) is 0. The summed E-state index contributed by atoms with van der Waals surface area (Å²) in [5.74, 6) is 1.66. The predicted octanol–water partition coefficient (Wildman–Crippen LogP) is 3.83. The maximum atomic E-state index is 11.9. The van der Waals surface area contributed by atoms with Crippen molar-refractivity contribution in [2.45, 2.75) is 38.8 Å². The second-order valence-corrected chi connectivity index (χ2v) is 7.52. The number of aliphatic imine (C=N–C) groups is 1. The van der Waals surface area contributed by atoms with E-state index in [0.717, 1.165) is 36.5 Å². The van der Waals surface area contributed by atoms with Gasteiger partial charge in [0.1, 0.15) is 5.76 Å². The number of benzene rings is 1. The molecule has 162 valence electrons. The van der Waals surface area contributed by atoms with Crippen LogP contribution in [-0.2, 0) is 17.7 Å². The van der Waals surface area contributed by atoms with E-state index in [4.69, 9.17) is 25.7 Å². The van der Waals surface area contributed by atoms with Gasteiger partial charge < -0.3 is 24.7 Å². The maximum Gasteiger partial charge on any atom is 0.409 e. The number of amides is 1. The normalized spacial score (nSPS) is 15.1. The number of hydrogen-bond acceptors (Lipinski definition) is 4. The van der Waals surface area contributed by atoms with Crippen molar-refractivity contribution in [3.05, 3.63) is 59.0 Å². The van der Waals surface area contributed by atoms with Gasteiger partial charge in [-0.05, 0) is 43.5 Å². The van der Waals surface area contributed by atoms with Gasteiger partial charge in [0.15, 0.2) is 5.96 Å². The quantitative estimate of drug-likeness (QED) is 0.513. The number of likely N-dealkylation sites (tertiary alicyclic amines) is 1. The number of furan rings is 1. The Morgan fingerprint density at radius 1 is 1.27 bits per heavy atom. The van der Waals surface area contributed by atoms with Crippen LogP contribution in [0.4, 0.5) is 4.79 Å². The molecular formula is C22H29ClN4O3. The third-order valence-electron chi connectivity index (χ3n) is 4.97. The van der Waals surface area contributed by atoms with Gasteiger partial charge in [-0.2, -0.15) is 0 Å². The maximum absolute atomic E-state index is 11.9. The highest BCUT2D eigenvalue weighted by molar-refractivity contribution is 6.31. The van der Waals surface area contributed by atoms with Crippen LogP contribution in [0.5, 0.6) is 0 Å². The summed E-state index contributed by atoms with van der Waals surface area (Å²) in [5, 5.41) is 7.59. The third kappa shape index (κ3) is 6.69. The van der Waals surface area contributed by atoms with Crippen molar-refractivity contribution in [1.29, 1.82) is 0 Å². The van der Waals surface area contributed by atoms with Crippen LogP contribution >= 0.6 is 11.6 Å². The van der Waals surface area contributed by atoms with E-state index in [-0.39, 0.29) is 12.1 Å². The highest BCUT2D eigenvalue weighted by Gasteiger charge is 2.24. The molecule has 8 heteroatoms. The van der Waals surface area contributed by atoms with Crippen LogP contribution in [0.15, 0.2) is 52.1 Å². The van der Waals surface area contributed by atoms with E-state index >= 15 is 0 Å². The molecule has 0 bridgehead atoms. The van der Waals surface area contributed by atoms with Crippen LogP contribution in [0.2, 0.25) is 5.02 Å². The molecule has 1 aromatic heterocycles. The standard InChI is InChI=1S/C22H29ClN4O3/c1-2-29-22(28)27-13-10-18(11-14-27)26-21(24-12-9-19-7-5-15-30-19)25-16-17-6-3-4-8-20(17)23/h3-8,15,18H,2,9-14,16H2,1H3,(H2,24,25,26). The number of piperidine rings is 1. The lowest BCUT2D eigenvalue weighted by Gasteiger charge is -2.32. The van der Waals surface area contributed by atoms with Gasteiger partial charge in [0.25, 0.3) is 0 Å². The highest BCUT2D eigenvalue weighted by Crippen LogP contribution is 2.16. The van der Waals surface area contributed by atoms with Gasteiger partial charge >= 0.3 is 6.09 Å². The highest BCUT2D eigenvalue weighted by atomic mass is 35.5.